The van der Waals surface area contributed by atoms with Gasteiger partial charge < -0.3 is 11.1 Å². The van der Waals surface area contributed by atoms with Crippen LogP contribution in [0.3, 0.4) is 0 Å². The maximum Gasteiger partial charge on any atom is 0.251 e. The molecule has 120 valence electrons. The van der Waals surface area contributed by atoms with E-state index in [-0.39, 0.29) is 5.91 Å². The van der Waals surface area contributed by atoms with Gasteiger partial charge in [-0.1, -0.05) is 29.8 Å². The number of primary amides is 1. The van der Waals surface area contributed by atoms with E-state index in [4.69, 9.17) is 5.73 Å². The lowest BCUT2D eigenvalue weighted by molar-refractivity contribution is 0.0953. The van der Waals surface area contributed by atoms with Crippen LogP contribution in [-0.2, 0) is 5.75 Å². The fraction of sp³-hybridized carbons (Fsp3) is 0.222. The van der Waals surface area contributed by atoms with Crippen molar-refractivity contribution in [3.05, 3.63) is 70.8 Å². The van der Waals surface area contributed by atoms with Gasteiger partial charge in [-0.15, -0.1) is 0 Å². The second kappa shape index (κ2) is 8.39. The fourth-order valence-corrected chi connectivity index (χ4v) is 2.82. The van der Waals surface area contributed by atoms with Crippen LogP contribution in [0.5, 0.6) is 0 Å². The van der Waals surface area contributed by atoms with Crippen LogP contribution in [0.15, 0.2) is 48.5 Å². The van der Waals surface area contributed by atoms with Crippen LogP contribution >= 0.6 is 11.8 Å². The SMILES string of the molecule is Cc1ccc(CSCCNC(=O)c2ccc(C(N)=O)cc2)cc1. The van der Waals surface area contributed by atoms with E-state index in [1.165, 1.54) is 11.1 Å². The molecule has 0 bridgehead atoms. The van der Waals surface area contributed by atoms with Crippen molar-refractivity contribution in [2.24, 2.45) is 5.73 Å². The second-order valence-corrected chi connectivity index (χ2v) is 6.34. The molecule has 2 rings (SSSR count). The zero-order valence-corrected chi connectivity index (χ0v) is 13.9. The van der Waals surface area contributed by atoms with Crippen molar-refractivity contribution in [2.75, 3.05) is 12.3 Å². The Morgan fingerprint density at radius 3 is 2.22 bits per heavy atom. The molecule has 0 heterocycles. The molecule has 0 aliphatic carbocycles. The number of benzene rings is 2. The van der Waals surface area contributed by atoms with Gasteiger partial charge in [0.1, 0.15) is 0 Å². The van der Waals surface area contributed by atoms with E-state index in [2.05, 4.69) is 36.5 Å². The minimum Gasteiger partial charge on any atom is -0.366 e. The van der Waals surface area contributed by atoms with Gasteiger partial charge in [0, 0.05) is 29.2 Å². The molecular formula is C18H20N2O2S. The molecule has 0 aromatic heterocycles. The molecule has 4 nitrogen and oxygen atoms in total. The number of carbonyl (C=O) groups excluding carboxylic acids is 2. The average molecular weight is 328 g/mol. The largest absolute Gasteiger partial charge is 0.366 e. The zero-order chi connectivity index (χ0) is 16.7. The quantitative estimate of drug-likeness (QED) is 0.768. The minimum absolute atomic E-state index is 0.142. The number of nitrogens with two attached hydrogens (primary N) is 1. The molecule has 0 saturated heterocycles. The Balaban J connectivity index is 1.70. The van der Waals surface area contributed by atoms with Gasteiger partial charge in [0.15, 0.2) is 0 Å². The van der Waals surface area contributed by atoms with Gasteiger partial charge >= 0.3 is 0 Å². The van der Waals surface area contributed by atoms with Crippen LogP contribution in [0.2, 0.25) is 0 Å². The topological polar surface area (TPSA) is 72.2 Å². The summed E-state index contributed by atoms with van der Waals surface area (Å²) < 4.78 is 0. The molecule has 5 heteroatoms. The summed E-state index contributed by atoms with van der Waals surface area (Å²) in [6.45, 7) is 2.68. The van der Waals surface area contributed by atoms with Crippen molar-refractivity contribution in [1.29, 1.82) is 0 Å². The predicted molar refractivity (Wildman–Crippen MR) is 94.6 cm³/mol. The lowest BCUT2D eigenvalue weighted by Crippen LogP contribution is -2.25. The number of rotatable bonds is 7. The highest BCUT2D eigenvalue weighted by Crippen LogP contribution is 2.12. The standard InChI is InChI=1S/C18H20N2O2S/c1-13-2-4-14(5-3-13)12-23-11-10-20-18(22)16-8-6-15(7-9-16)17(19)21/h2-9H,10-12H2,1H3,(H2,19,21)(H,20,22). The summed E-state index contributed by atoms with van der Waals surface area (Å²) in [7, 11) is 0. The summed E-state index contributed by atoms with van der Waals surface area (Å²) >= 11 is 1.78. The molecule has 3 N–H and O–H groups in total. The zero-order valence-electron chi connectivity index (χ0n) is 13.0. The van der Waals surface area contributed by atoms with Crippen LogP contribution in [-0.4, -0.2) is 24.1 Å². The second-order valence-electron chi connectivity index (χ2n) is 5.24. The molecule has 0 aliphatic heterocycles. The molecule has 23 heavy (non-hydrogen) atoms. The van der Waals surface area contributed by atoms with Crippen molar-refractivity contribution in [2.45, 2.75) is 12.7 Å². The monoisotopic (exact) mass is 328 g/mol. The normalized spacial score (nSPS) is 10.3. The smallest absolute Gasteiger partial charge is 0.251 e. The Bertz CT molecular complexity index is 666. The van der Waals surface area contributed by atoms with E-state index >= 15 is 0 Å². The third kappa shape index (κ3) is 5.45. The molecule has 0 aliphatic rings. The number of carbonyl (C=O) groups is 2. The predicted octanol–water partition coefficient (Wildman–Crippen LogP) is 2.76. The Hall–Kier alpha value is -2.27. The molecule has 0 unspecified atom stereocenters. The third-order valence-electron chi connectivity index (χ3n) is 3.35. The molecule has 0 spiro atoms. The Morgan fingerprint density at radius 2 is 1.61 bits per heavy atom. The van der Waals surface area contributed by atoms with Crippen molar-refractivity contribution in [1.82, 2.24) is 5.32 Å². The fourth-order valence-electron chi connectivity index (χ4n) is 2.00. The summed E-state index contributed by atoms with van der Waals surface area (Å²) in [6, 6.07) is 14.8. The van der Waals surface area contributed by atoms with Crippen molar-refractivity contribution in [3.63, 3.8) is 0 Å². The number of thioether (sulfide) groups is 1. The van der Waals surface area contributed by atoms with Crippen LogP contribution in [0.4, 0.5) is 0 Å². The van der Waals surface area contributed by atoms with E-state index in [1.807, 2.05) is 0 Å². The number of aryl methyl sites for hydroxylation is 1. The summed E-state index contributed by atoms with van der Waals surface area (Å²) in [5.74, 6) is 1.14. The Morgan fingerprint density at radius 1 is 1.00 bits per heavy atom. The maximum absolute atomic E-state index is 12.0. The van der Waals surface area contributed by atoms with Gasteiger partial charge in [-0.3, -0.25) is 9.59 Å². The highest BCUT2D eigenvalue weighted by atomic mass is 32.2. The molecule has 0 fully saturated rings. The van der Waals surface area contributed by atoms with Crippen LogP contribution < -0.4 is 11.1 Å². The summed E-state index contributed by atoms with van der Waals surface area (Å²) in [5.41, 5.74) is 8.64. The van der Waals surface area contributed by atoms with Crippen molar-refractivity contribution in [3.8, 4) is 0 Å². The van der Waals surface area contributed by atoms with E-state index < -0.39 is 5.91 Å². The lowest BCUT2D eigenvalue weighted by atomic mass is 10.1. The highest BCUT2D eigenvalue weighted by molar-refractivity contribution is 7.98. The van der Waals surface area contributed by atoms with Gasteiger partial charge in [-0.05, 0) is 36.8 Å². The first-order valence-corrected chi connectivity index (χ1v) is 8.53. The minimum atomic E-state index is -0.496. The third-order valence-corrected chi connectivity index (χ3v) is 4.38. The summed E-state index contributed by atoms with van der Waals surface area (Å²) in [4.78, 5) is 22.9. The molecule has 0 saturated carbocycles. The van der Waals surface area contributed by atoms with Gasteiger partial charge in [0.25, 0.3) is 5.91 Å². The van der Waals surface area contributed by atoms with Crippen LogP contribution in [0.1, 0.15) is 31.8 Å². The van der Waals surface area contributed by atoms with Crippen LogP contribution in [0.25, 0.3) is 0 Å². The molecule has 0 atom stereocenters. The molecule has 0 radical (unpaired) electrons. The number of nitrogens with one attached hydrogen (secondary N) is 1. The van der Waals surface area contributed by atoms with Gasteiger partial charge in [0.2, 0.25) is 5.91 Å². The van der Waals surface area contributed by atoms with E-state index in [1.54, 1.807) is 36.0 Å². The summed E-state index contributed by atoms with van der Waals surface area (Å²) in [6.07, 6.45) is 0. The lowest BCUT2D eigenvalue weighted by Gasteiger charge is -2.06. The summed E-state index contributed by atoms with van der Waals surface area (Å²) in [5, 5.41) is 2.87. The molecule has 2 amide bonds. The van der Waals surface area contributed by atoms with Gasteiger partial charge in [-0.25, -0.2) is 0 Å². The van der Waals surface area contributed by atoms with Gasteiger partial charge in [-0.2, -0.15) is 11.8 Å². The van der Waals surface area contributed by atoms with E-state index in [9.17, 15) is 9.59 Å². The Labute approximate surface area is 140 Å². The number of hydrogen-bond donors (Lipinski definition) is 2. The first-order chi connectivity index (χ1) is 11.1. The van der Waals surface area contributed by atoms with Gasteiger partial charge in [0.05, 0.1) is 0 Å². The van der Waals surface area contributed by atoms with Crippen molar-refractivity contribution >= 4 is 23.6 Å². The Kier molecular flexibility index (Phi) is 6.23. The molecule has 2 aromatic rings. The number of amides is 2. The first kappa shape index (κ1) is 17.1. The first-order valence-electron chi connectivity index (χ1n) is 7.37. The molecular weight excluding hydrogens is 308 g/mol. The average Bonchev–Trinajstić information content (AvgIpc) is 2.56. The molecule has 2 aromatic carbocycles. The van der Waals surface area contributed by atoms with E-state index in [0.29, 0.717) is 17.7 Å². The number of hydrogen-bond acceptors (Lipinski definition) is 3. The van der Waals surface area contributed by atoms with E-state index in [0.717, 1.165) is 11.5 Å². The van der Waals surface area contributed by atoms with Crippen molar-refractivity contribution < 1.29 is 9.59 Å². The highest BCUT2D eigenvalue weighted by Gasteiger charge is 2.06. The van der Waals surface area contributed by atoms with Crippen LogP contribution in [0, 0.1) is 6.92 Å². The maximum atomic E-state index is 12.0.